The Labute approximate surface area is 89.3 Å². The molecule has 0 atom stereocenters. The molecule has 0 unspecified atom stereocenters. The van der Waals surface area contributed by atoms with Crippen LogP contribution in [0.2, 0.25) is 0 Å². The van der Waals surface area contributed by atoms with E-state index < -0.39 is 17.9 Å². The highest BCUT2D eigenvalue weighted by Crippen LogP contribution is 2.29. The van der Waals surface area contributed by atoms with Gasteiger partial charge in [0.25, 0.3) is 0 Å². The molecule has 0 radical (unpaired) electrons. The van der Waals surface area contributed by atoms with E-state index in [1.165, 1.54) is 25.7 Å². The van der Waals surface area contributed by atoms with Crippen LogP contribution in [0, 0.1) is 11.8 Å². The number of aliphatic carboxylic acids is 2. The van der Waals surface area contributed by atoms with Crippen LogP contribution in [0.15, 0.2) is 0 Å². The van der Waals surface area contributed by atoms with Crippen LogP contribution in [-0.2, 0) is 9.59 Å². The van der Waals surface area contributed by atoms with Crippen molar-refractivity contribution in [3.05, 3.63) is 0 Å². The van der Waals surface area contributed by atoms with Crippen LogP contribution in [0.1, 0.15) is 44.9 Å². The lowest BCUT2D eigenvalue weighted by atomic mass is 9.96. The second-order valence-electron chi connectivity index (χ2n) is 4.31. The summed E-state index contributed by atoms with van der Waals surface area (Å²) in [5.41, 5.74) is 0. The van der Waals surface area contributed by atoms with Crippen molar-refractivity contribution in [2.45, 2.75) is 44.9 Å². The molecular weight excluding hydrogens is 196 g/mol. The van der Waals surface area contributed by atoms with E-state index in [4.69, 9.17) is 10.2 Å². The van der Waals surface area contributed by atoms with E-state index in [2.05, 4.69) is 0 Å². The molecule has 0 aromatic rings. The molecule has 1 aliphatic rings. The first-order chi connectivity index (χ1) is 7.11. The number of rotatable bonds is 6. The van der Waals surface area contributed by atoms with Crippen molar-refractivity contribution in [2.24, 2.45) is 11.8 Å². The van der Waals surface area contributed by atoms with Crippen LogP contribution < -0.4 is 0 Å². The van der Waals surface area contributed by atoms with Crippen molar-refractivity contribution >= 4 is 11.9 Å². The van der Waals surface area contributed by atoms with Crippen molar-refractivity contribution in [3.63, 3.8) is 0 Å². The van der Waals surface area contributed by atoms with Crippen LogP contribution in [0.25, 0.3) is 0 Å². The van der Waals surface area contributed by atoms with Crippen LogP contribution in [-0.4, -0.2) is 22.2 Å². The van der Waals surface area contributed by atoms with Crippen LogP contribution in [0.4, 0.5) is 0 Å². The molecule has 0 aromatic heterocycles. The standard InChI is InChI=1S/C11H18O4/c12-10(13)9(11(14)15)7-3-6-8-4-1-2-5-8/h8-9H,1-7H2,(H,12,13)(H,14,15). The quantitative estimate of drug-likeness (QED) is 0.664. The zero-order chi connectivity index (χ0) is 11.3. The largest absolute Gasteiger partial charge is 0.481 e. The van der Waals surface area contributed by atoms with Crippen molar-refractivity contribution in [2.75, 3.05) is 0 Å². The van der Waals surface area contributed by atoms with E-state index in [0.29, 0.717) is 12.3 Å². The third-order valence-electron chi connectivity index (χ3n) is 3.18. The molecule has 0 bridgehead atoms. The first kappa shape index (κ1) is 12.0. The van der Waals surface area contributed by atoms with Crippen LogP contribution in [0.5, 0.6) is 0 Å². The maximum absolute atomic E-state index is 10.6. The minimum Gasteiger partial charge on any atom is -0.481 e. The van der Waals surface area contributed by atoms with Gasteiger partial charge in [0.1, 0.15) is 0 Å². The summed E-state index contributed by atoms with van der Waals surface area (Å²) in [6.07, 6.45) is 6.96. The highest BCUT2D eigenvalue weighted by atomic mass is 16.4. The van der Waals surface area contributed by atoms with Crippen LogP contribution in [0.3, 0.4) is 0 Å². The number of hydrogen-bond donors (Lipinski definition) is 2. The van der Waals surface area contributed by atoms with Gasteiger partial charge in [-0.15, -0.1) is 0 Å². The molecule has 0 spiro atoms. The summed E-state index contributed by atoms with van der Waals surface area (Å²) in [7, 11) is 0. The van der Waals surface area contributed by atoms with Gasteiger partial charge in [0.15, 0.2) is 5.92 Å². The second kappa shape index (κ2) is 5.73. The molecule has 4 nitrogen and oxygen atoms in total. The van der Waals surface area contributed by atoms with Gasteiger partial charge in [0, 0.05) is 0 Å². The fraction of sp³-hybridized carbons (Fsp3) is 0.818. The van der Waals surface area contributed by atoms with Crippen molar-refractivity contribution in [1.82, 2.24) is 0 Å². The molecule has 15 heavy (non-hydrogen) atoms. The molecule has 1 aliphatic carbocycles. The summed E-state index contributed by atoms with van der Waals surface area (Å²) < 4.78 is 0. The van der Waals surface area contributed by atoms with Gasteiger partial charge >= 0.3 is 11.9 Å². The minimum absolute atomic E-state index is 0.265. The Kier molecular flexibility index (Phi) is 4.59. The molecule has 4 heteroatoms. The maximum Gasteiger partial charge on any atom is 0.317 e. The molecule has 1 saturated carbocycles. The van der Waals surface area contributed by atoms with Gasteiger partial charge in [-0.2, -0.15) is 0 Å². The fourth-order valence-electron chi connectivity index (χ4n) is 2.26. The SMILES string of the molecule is O=C(O)C(CCCC1CCCC1)C(=O)O. The molecule has 1 rings (SSSR count). The van der Waals surface area contributed by atoms with Gasteiger partial charge in [0.2, 0.25) is 0 Å². The average Bonchev–Trinajstić information content (AvgIpc) is 2.63. The van der Waals surface area contributed by atoms with E-state index in [-0.39, 0.29) is 6.42 Å². The maximum atomic E-state index is 10.6. The Bertz CT molecular complexity index is 217. The van der Waals surface area contributed by atoms with Gasteiger partial charge in [-0.05, 0) is 12.3 Å². The van der Waals surface area contributed by atoms with Gasteiger partial charge in [0.05, 0.1) is 0 Å². The van der Waals surface area contributed by atoms with Crippen LogP contribution >= 0.6 is 0 Å². The predicted octanol–water partition coefficient (Wildman–Crippen LogP) is 2.13. The van der Waals surface area contributed by atoms with E-state index in [0.717, 1.165) is 6.42 Å². The van der Waals surface area contributed by atoms with Gasteiger partial charge in [-0.25, -0.2) is 0 Å². The highest BCUT2D eigenvalue weighted by Gasteiger charge is 2.25. The molecule has 0 saturated heterocycles. The third kappa shape index (κ3) is 3.90. The molecule has 0 amide bonds. The summed E-state index contributed by atoms with van der Waals surface area (Å²) in [6, 6.07) is 0. The van der Waals surface area contributed by atoms with Crippen molar-refractivity contribution in [1.29, 1.82) is 0 Å². The Balaban J connectivity index is 2.21. The summed E-state index contributed by atoms with van der Waals surface area (Å²) >= 11 is 0. The zero-order valence-electron chi connectivity index (χ0n) is 8.82. The lowest BCUT2D eigenvalue weighted by Crippen LogP contribution is -2.23. The average molecular weight is 214 g/mol. The summed E-state index contributed by atoms with van der Waals surface area (Å²) in [4.78, 5) is 21.2. The molecule has 0 aliphatic heterocycles. The lowest BCUT2D eigenvalue weighted by molar-refractivity contribution is -0.154. The van der Waals surface area contributed by atoms with Gasteiger partial charge in [-0.3, -0.25) is 9.59 Å². The molecular formula is C11H18O4. The Morgan fingerprint density at radius 1 is 1.13 bits per heavy atom. The number of carbonyl (C=O) groups is 2. The molecule has 0 heterocycles. The highest BCUT2D eigenvalue weighted by molar-refractivity contribution is 5.92. The Morgan fingerprint density at radius 3 is 2.13 bits per heavy atom. The number of carboxylic acids is 2. The normalized spacial score (nSPS) is 17.1. The van der Waals surface area contributed by atoms with E-state index >= 15 is 0 Å². The number of carboxylic acid groups (broad SMARTS) is 2. The zero-order valence-corrected chi connectivity index (χ0v) is 8.82. The van der Waals surface area contributed by atoms with Crippen molar-refractivity contribution in [3.8, 4) is 0 Å². The first-order valence-electron chi connectivity index (χ1n) is 5.57. The molecule has 2 N–H and O–H groups in total. The summed E-state index contributed by atoms with van der Waals surface area (Å²) in [5.74, 6) is -2.94. The first-order valence-corrected chi connectivity index (χ1v) is 5.57. The summed E-state index contributed by atoms with van der Waals surface area (Å²) in [5, 5.41) is 17.3. The smallest absolute Gasteiger partial charge is 0.317 e. The van der Waals surface area contributed by atoms with Gasteiger partial charge < -0.3 is 10.2 Å². The van der Waals surface area contributed by atoms with E-state index in [9.17, 15) is 9.59 Å². The van der Waals surface area contributed by atoms with Crippen molar-refractivity contribution < 1.29 is 19.8 Å². The minimum atomic E-state index is -1.22. The van der Waals surface area contributed by atoms with E-state index in [1.807, 2.05) is 0 Å². The molecule has 86 valence electrons. The summed E-state index contributed by atoms with van der Waals surface area (Å²) in [6.45, 7) is 0. The molecule has 0 aromatic carbocycles. The fourth-order valence-corrected chi connectivity index (χ4v) is 2.26. The second-order valence-corrected chi connectivity index (χ2v) is 4.31. The topological polar surface area (TPSA) is 74.6 Å². The van der Waals surface area contributed by atoms with Gasteiger partial charge in [-0.1, -0.05) is 38.5 Å². The Morgan fingerprint density at radius 2 is 1.67 bits per heavy atom. The Hall–Kier alpha value is -1.06. The molecule has 1 fully saturated rings. The number of hydrogen-bond acceptors (Lipinski definition) is 2. The van der Waals surface area contributed by atoms with E-state index in [1.54, 1.807) is 0 Å². The third-order valence-corrected chi connectivity index (χ3v) is 3.18. The monoisotopic (exact) mass is 214 g/mol. The lowest BCUT2D eigenvalue weighted by Gasteiger charge is -2.10. The predicted molar refractivity (Wildman–Crippen MR) is 54.6 cm³/mol.